The average molecular weight is 312 g/mol. The molecule has 1 amide bonds. The number of hydrogen-bond donors (Lipinski definition) is 1. The molecule has 0 aliphatic rings. The molecule has 0 radical (unpaired) electrons. The Morgan fingerprint density at radius 2 is 1.41 bits per heavy atom. The second-order valence-electron chi connectivity index (χ2n) is 9.69. The van der Waals surface area contributed by atoms with Crippen molar-refractivity contribution in [1.82, 2.24) is 5.32 Å². The van der Waals surface area contributed by atoms with Crippen LogP contribution in [0.25, 0.3) is 0 Å². The Bertz CT molecular complexity index is 322. The Balaban J connectivity index is 4.70. The Hall–Kier alpha value is -0.530. The van der Waals surface area contributed by atoms with Crippen molar-refractivity contribution in [3.63, 3.8) is 0 Å². The summed E-state index contributed by atoms with van der Waals surface area (Å²) in [5.74, 6) is 1.52. The van der Waals surface area contributed by atoms with Gasteiger partial charge in [-0.15, -0.1) is 0 Å². The molecular formula is C20H41NO. The molecule has 0 bridgehead atoms. The molecule has 0 spiro atoms. The highest BCUT2D eigenvalue weighted by molar-refractivity contribution is 5.78. The number of carbonyl (C=O) groups excluding carboxylic acids is 1. The summed E-state index contributed by atoms with van der Waals surface area (Å²) in [6.07, 6.45) is 4.49. The van der Waals surface area contributed by atoms with Crippen molar-refractivity contribution in [2.45, 2.75) is 88.0 Å². The number of amides is 1. The van der Waals surface area contributed by atoms with Crippen LogP contribution in [0.5, 0.6) is 0 Å². The van der Waals surface area contributed by atoms with E-state index in [4.69, 9.17) is 0 Å². The van der Waals surface area contributed by atoms with Crippen LogP contribution in [0, 0.1) is 28.6 Å². The molecule has 0 aliphatic carbocycles. The molecular weight excluding hydrogens is 270 g/mol. The molecule has 3 atom stereocenters. The summed E-state index contributed by atoms with van der Waals surface area (Å²) in [4.78, 5) is 12.5. The summed E-state index contributed by atoms with van der Waals surface area (Å²) in [7, 11) is 0. The molecule has 0 rings (SSSR count). The normalized spacial score (nSPS) is 17.0. The minimum Gasteiger partial charge on any atom is -0.356 e. The van der Waals surface area contributed by atoms with Gasteiger partial charge in [0, 0.05) is 12.5 Å². The molecule has 2 nitrogen and oxygen atoms in total. The highest BCUT2D eigenvalue weighted by Gasteiger charge is 2.28. The van der Waals surface area contributed by atoms with Gasteiger partial charge in [0.25, 0.3) is 0 Å². The number of hydrogen-bond acceptors (Lipinski definition) is 1. The monoisotopic (exact) mass is 311 g/mol. The van der Waals surface area contributed by atoms with E-state index in [-0.39, 0.29) is 17.2 Å². The molecule has 0 fully saturated rings. The van der Waals surface area contributed by atoms with Gasteiger partial charge in [-0.3, -0.25) is 4.79 Å². The Morgan fingerprint density at radius 1 is 0.909 bits per heavy atom. The molecule has 132 valence electrons. The zero-order valence-electron chi connectivity index (χ0n) is 16.7. The van der Waals surface area contributed by atoms with Crippen molar-refractivity contribution in [3.8, 4) is 0 Å². The summed E-state index contributed by atoms with van der Waals surface area (Å²) < 4.78 is 0. The van der Waals surface area contributed by atoms with E-state index in [2.05, 4.69) is 60.7 Å². The quantitative estimate of drug-likeness (QED) is 0.615. The van der Waals surface area contributed by atoms with Gasteiger partial charge in [-0.05, 0) is 55.3 Å². The molecule has 0 aromatic carbocycles. The van der Waals surface area contributed by atoms with E-state index in [1.807, 2.05) is 6.92 Å². The third kappa shape index (κ3) is 10.2. The smallest absolute Gasteiger partial charge is 0.223 e. The van der Waals surface area contributed by atoms with Gasteiger partial charge in [0.2, 0.25) is 5.91 Å². The van der Waals surface area contributed by atoms with Gasteiger partial charge in [-0.25, -0.2) is 0 Å². The van der Waals surface area contributed by atoms with Crippen molar-refractivity contribution in [2.75, 3.05) is 6.54 Å². The second-order valence-corrected chi connectivity index (χ2v) is 9.69. The van der Waals surface area contributed by atoms with Gasteiger partial charge in [-0.1, -0.05) is 55.4 Å². The molecule has 3 unspecified atom stereocenters. The lowest BCUT2D eigenvalue weighted by Gasteiger charge is -2.30. The summed E-state index contributed by atoms with van der Waals surface area (Å²) in [5.41, 5.74) is 0.652. The Labute approximate surface area is 139 Å². The van der Waals surface area contributed by atoms with Crippen LogP contribution >= 0.6 is 0 Å². The summed E-state index contributed by atoms with van der Waals surface area (Å²) in [5, 5.41) is 3.05. The van der Waals surface area contributed by atoms with Crippen LogP contribution < -0.4 is 5.32 Å². The minimum atomic E-state index is 0.154. The van der Waals surface area contributed by atoms with Gasteiger partial charge in [0.05, 0.1) is 0 Å². The molecule has 1 N–H and O–H groups in total. The van der Waals surface area contributed by atoms with E-state index in [1.165, 1.54) is 6.42 Å². The van der Waals surface area contributed by atoms with Gasteiger partial charge < -0.3 is 5.32 Å². The van der Waals surface area contributed by atoms with E-state index in [1.54, 1.807) is 0 Å². The van der Waals surface area contributed by atoms with Crippen LogP contribution in [0.15, 0.2) is 0 Å². The van der Waals surface area contributed by atoms with Crippen LogP contribution in [-0.2, 0) is 4.79 Å². The highest BCUT2D eigenvalue weighted by Crippen LogP contribution is 2.33. The maximum atomic E-state index is 12.5. The molecule has 0 heterocycles. The Kier molecular flexibility index (Phi) is 8.72. The predicted molar refractivity (Wildman–Crippen MR) is 97.9 cm³/mol. The molecule has 0 aliphatic heterocycles. The summed E-state index contributed by atoms with van der Waals surface area (Å²) in [6.45, 7) is 21.0. The summed E-state index contributed by atoms with van der Waals surface area (Å²) >= 11 is 0. The lowest BCUT2D eigenvalue weighted by Crippen LogP contribution is -2.35. The fraction of sp³-hybridized carbons (Fsp3) is 0.950. The Morgan fingerprint density at radius 3 is 1.82 bits per heavy atom. The van der Waals surface area contributed by atoms with Crippen LogP contribution in [0.4, 0.5) is 0 Å². The van der Waals surface area contributed by atoms with E-state index >= 15 is 0 Å². The van der Waals surface area contributed by atoms with Gasteiger partial charge >= 0.3 is 0 Å². The van der Waals surface area contributed by atoms with Crippen LogP contribution in [0.2, 0.25) is 0 Å². The lowest BCUT2D eigenvalue weighted by atomic mass is 9.76. The first-order chi connectivity index (χ1) is 9.85. The number of nitrogens with one attached hydrogen (secondary N) is 1. The first-order valence-corrected chi connectivity index (χ1v) is 9.13. The van der Waals surface area contributed by atoms with Crippen LogP contribution in [-0.4, -0.2) is 12.5 Å². The van der Waals surface area contributed by atoms with Crippen molar-refractivity contribution in [3.05, 3.63) is 0 Å². The van der Waals surface area contributed by atoms with Gasteiger partial charge in [0.1, 0.15) is 0 Å². The summed E-state index contributed by atoms with van der Waals surface area (Å²) in [6, 6.07) is 0. The van der Waals surface area contributed by atoms with Crippen LogP contribution in [0.1, 0.15) is 88.0 Å². The van der Waals surface area contributed by atoms with E-state index < -0.39 is 0 Å². The molecule has 0 saturated heterocycles. The third-order valence-electron chi connectivity index (χ3n) is 4.24. The highest BCUT2D eigenvalue weighted by atomic mass is 16.1. The lowest BCUT2D eigenvalue weighted by molar-refractivity contribution is -0.127. The number of rotatable bonds is 8. The maximum absolute atomic E-state index is 12.5. The van der Waals surface area contributed by atoms with Crippen molar-refractivity contribution in [2.24, 2.45) is 28.6 Å². The second kappa shape index (κ2) is 8.93. The van der Waals surface area contributed by atoms with E-state index in [9.17, 15) is 4.79 Å². The molecule has 0 saturated carbocycles. The third-order valence-corrected chi connectivity index (χ3v) is 4.24. The first-order valence-electron chi connectivity index (χ1n) is 9.13. The zero-order valence-corrected chi connectivity index (χ0v) is 16.7. The number of carbonyl (C=O) groups is 1. The average Bonchev–Trinajstić information content (AvgIpc) is 2.24. The SMILES string of the molecule is CCNC(=O)C(CCC(C)CC(C)(C)C)C(C)CC(C)(C)C. The molecule has 2 heteroatoms. The molecule has 0 aromatic rings. The minimum absolute atomic E-state index is 0.154. The van der Waals surface area contributed by atoms with E-state index in [0.717, 1.165) is 25.8 Å². The molecule has 22 heavy (non-hydrogen) atoms. The van der Waals surface area contributed by atoms with Crippen molar-refractivity contribution >= 4 is 5.91 Å². The fourth-order valence-electron chi connectivity index (χ4n) is 3.70. The maximum Gasteiger partial charge on any atom is 0.223 e. The van der Waals surface area contributed by atoms with E-state index in [0.29, 0.717) is 17.3 Å². The van der Waals surface area contributed by atoms with Gasteiger partial charge in [0.15, 0.2) is 0 Å². The standard InChI is InChI=1S/C20H41NO/c1-10-21-18(22)17(16(3)14-20(7,8)9)12-11-15(2)13-19(4,5)6/h15-17H,10-14H2,1-9H3,(H,21,22). The topological polar surface area (TPSA) is 29.1 Å². The first kappa shape index (κ1) is 21.5. The largest absolute Gasteiger partial charge is 0.356 e. The predicted octanol–water partition coefficient (Wildman–Crippen LogP) is 5.66. The van der Waals surface area contributed by atoms with Crippen molar-refractivity contribution in [1.29, 1.82) is 0 Å². The fourth-order valence-corrected chi connectivity index (χ4v) is 3.70. The van der Waals surface area contributed by atoms with Gasteiger partial charge in [-0.2, -0.15) is 0 Å². The van der Waals surface area contributed by atoms with Crippen molar-refractivity contribution < 1.29 is 4.79 Å². The zero-order chi connectivity index (χ0) is 17.6. The van der Waals surface area contributed by atoms with Crippen LogP contribution in [0.3, 0.4) is 0 Å². The molecule has 0 aromatic heterocycles.